The number of halogens is 1. The van der Waals surface area contributed by atoms with Crippen LogP contribution in [0.3, 0.4) is 0 Å². The Morgan fingerprint density at radius 3 is 2.68 bits per heavy atom. The summed E-state index contributed by atoms with van der Waals surface area (Å²) in [5.41, 5.74) is 1.29. The van der Waals surface area contributed by atoms with Crippen LogP contribution in [0, 0.1) is 0 Å². The fourth-order valence-corrected chi connectivity index (χ4v) is 3.07. The van der Waals surface area contributed by atoms with Crippen molar-refractivity contribution in [3.8, 4) is 11.5 Å². The maximum absolute atomic E-state index is 12.3. The highest BCUT2D eigenvalue weighted by atomic mass is 35.5. The molecular weight excluding hydrogens is 368 g/mol. The van der Waals surface area contributed by atoms with Crippen LogP contribution in [0.4, 0.5) is 5.69 Å². The molecule has 1 amide bonds. The van der Waals surface area contributed by atoms with Gasteiger partial charge in [0.1, 0.15) is 0 Å². The molecule has 3 rings (SSSR count). The van der Waals surface area contributed by atoms with Crippen molar-refractivity contribution in [1.29, 1.82) is 0 Å². The maximum Gasteiger partial charge on any atom is 0.251 e. The van der Waals surface area contributed by atoms with Gasteiger partial charge in [-0.1, -0.05) is 17.7 Å². The number of amides is 1. The molecule has 9 heteroatoms. The van der Waals surface area contributed by atoms with Gasteiger partial charge in [0.25, 0.3) is 5.91 Å². The first-order valence-corrected chi connectivity index (χ1v) is 9.53. The van der Waals surface area contributed by atoms with Gasteiger partial charge in [0.15, 0.2) is 11.5 Å². The van der Waals surface area contributed by atoms with Gasteiger partial charge in [-0.2, -0.15) is 0 Å². The molecule has 1 aliphatic heterocycles. The van der Waals surface area contributed by atoms with E-state index in [0.29, 0.717) is 11.5 Å². The number of carbonyl (C=O) groups is 1. The number of hydrogen-bond acceptors (Lipinski definition) is 5. The van der Waals surface area contributed by atoms with E-state index in [4.69, 9.17) is 21.1 Å². The molecule has 2 N–H and O–H groups in total. The van der Waals surface area contributed by atoms with Crippen LogP contribution in [0.25, 0.3) is 0 Å². The Kier molecular flexibility index (Phi) is 4.73. The molecule has 0 unspecified atom stereocenters. The molecule has 1 aliphatic rings. The van der Waals surface area contributed by atoms with Crippen molar-refractivity contribution < 1.29 is 22.7 Å². The molecule has 0 bridgehead atoms. The predicted molar refractivity (Wildman–Crippen MR) is 93.7 cm³/mol. The second-order valence-electron chi connectivity index (χ2n) is 5.44. The quantitative estimate of drug-likeness (QED) is 0.828. The molecule has 0 spiro atoms. The second kappa shape index (κ2) is 6.81. The van der Waals surface area contributed by atoms with Crippen molar-refractivity contribution in [2.45, 2.75) is 6.54 Å². The minimum Gasteiger partial charge on any atom is -0.454 e. The van der Waals surface area contributed by atoms with E-state index < -0.39 is 10.0 Å². The van der Waals surface area contributed by atoms with Crippen LogP contribution in [-0.2, 0) is 16.6 Å². The maximum atomic E-state index is 12.3. The van der Waals surface area contributed by atoms with Crippen molar-refractivity contribution in [3.05, 3.63) is 52.5 Å². The summed E-state index contributed by atoms with van der Waals surface area (Å²) in [4.78, 5) is 12.3. The first-order chi connectivity index (χ1) is 11.8. The van der Waals surface area contributed by atoms with Crippen LogP contribution in [0.1, 0.15) is 15.9 Å². The monoisotopic (exact) mass is 382 g/mol. The zero-order valence-corrected chi connectivity index (χ0v) is 14.8. The highest BCUT2D eigenvalue weighted by Crippen LogP contribution is 2.32. The Morgan fingerprint density at radius 1 is 1.16 bits per heavy atom. The van der Waals surface area contributed by atoms with Gasteiger partial charge in [-0.15, -0.1) is 0 Å². The van der Waals surface area contributed by atoms with Crippen LogP contribution in [0.5, 0.6) is 11.5 Å². The van der Waals surface area contributed by atoms with Gasteiger partial charge in [0.05, 0.1) is 17.0 Å². The van der Waals surface area contributed by atoms with E-state index in [2.05, 4.69) is 10.0 Å². The fourth-order valence-electron chi connectivity index (χ4n) is 2.28. The smallest absolute Gasteiger partial charge is 0.251 e. The minimum absolute atomic E-state index is 0.153. The number of fused-ring (bicyclic) bond motifs is 1. The Bertz CT molecular complexity index is 930. The average molecular weight is 383 g/mol. The molecule has 0 radical (unpaired) electrons. The summed E-state index contributed by atoms with van der Waals surface area (Å²) in [6.45, 7) is 0.471. The summed E-state index contributed by atoms with van der Waals surface area (Å²) < 4.78 is 35.5. The van der Waals surface area contributed by atoms with E-state index >= 15 is 0 Å². The summed E-state index contributed by atoms with van der Waals surface area (Å²) >= 11 is 5.95. The summed E-state index contributed by atoms with van der Waals surface area (Å²) in [7, 11) is -3.50. The van der Waals surface area contributed by atoms with Gasteiger partial charge in [-0.3, -0.25) is 9.52 Å². The highest BCUT2D eigenvalue weighted by Gasteiger charge is 2.14. The zero-order chi connectivity index (χ0) is 18.0. The lowest BCUT2D eigenvalue weighted by Gasteiger charge is -2.10. The third-order valence-corrected chi connectivity index (χ3v) is 4.33. The summed E-state index contributed by atoms with van der Waals surface area (Å²) in [6.07, 6.45) is 1.01. The second-order valence-corrected chi connectivity index (χ2v) is 7.59. The van der Waals surface area contributed by atoms with E-state index in [1.54, 1.807) is 12.1 Å². The van der Waals surface area contributed by atoms with E-state index in [0.717, 1.165) is 11.8 Å². The predicted octanol–water partition coefficient (Wildman–Crippen LogP) is 2.37. The molecule has 2 aromatic rings. The molecule has 2 aromatic carbocycles. The number of carbonyl (C=O) groups excluding carboxylic acids is 1. The van der Waals surface area contributed by atoms with Gasteiger partial charge < -0.3 is 14.8 Å². The number of hydrogen-bond donors (Lipinski definition) is 2. The normalized spacial score (nSPS) is 12.7. The molecule has 0 aliphatic carbocycles. The van der Waals surface area contributed by atoms with E-state index in [1.165, 1.54) is 18.2 Å². The molecule has 25 heavy (non-hydrogen) atoms. The standard InChI is InChI=1S/C16H15ClN2O5S/c1-25(21,22)19-13-7-11(3-4-12(13)17)16(20)18-8-10-2-5-14-15(6-10)24-9-23-14/h2-7,19H,8-9H2,1H3,(H,18,20). The van der Waals surface area contributed by atoms with Gasteiger partial charge in [-0.05, 0) is 35.9 Å². The number of sulfonamides is 1. The van der Waals surface area contributed by atoms with Crippen molar-refractivity contribution >= 4 is 33.2 Å². The molecule has 132 valence electrons. The largest absolute Gasteiger partial charge is 0.454 e. The van der Waals surface area contributed by atoms with Crippen molar-refractivity contribution in [3.63, 3.8) is 0 Å². The number of nitrogens with one attached hydrogen (secondary N) is 2. The Morgan fingerprint density at radius 2 is 1.92 bits per heavy atom. The zero-order valence-electron chi connectivity index (χ0n) is 13.2. The fraction of sp³-hybridized carbons (Fsp3) is 0.188. The van der Waals surface area contributed by atoms with Gasteiger partial charge >= 0.3 is 0 Å². The van der Waals surface area contributed by atoms with Crippen molar-refractivity contribution in [1.82, 2.24) is 5.32 Å². The minimum atomic E-state index is -3.50. The SMILES string of the molecule is CS(=O)(=O)Nc1cc(C(=O)NCc2ccc3c(c2)OCO3)ccc1Cl. The van der Waals surface area contributed by atoms with Crippen molar-refractivity contribution in [2.75, 3.05) is 17.8 Å². The average Bonchev–Trinajstić information content (AvgIpc) is 3.01. The number of rotatable bonds is 5. The van der Waals surface area contributed by atoms with E-state index in [-0.39, 0.29) is 35.5 Å². The molecular formula is C16H15ClN2O5S. The number of anilines is 1. The van der Waals surface area contributed by atoms with Crippen molar-refractivity contribution in [2.24, 2.45) is 0 Å². The lowest BCUT2D eigenvalue weighted by atomic mass is 10.1. The lowest BCUT2D eigenvalue weighted by molar-refractivity contribution is 0.0951. The van der Waals surface area contributed by atoms with Crippen LogP contribution in [0.15, 0.2) is 36.4 Å². The molecule has 0 aromatic heterocycles. The summed E-state index contributed by atoms with van der Waals surface area (Å²) in [6, 6.07) is 9.77. The first-order valence-electron chi connectivity index (χ1n) is 7.26. The molecule has 7 nitrogen and oxygen atoms in total. The lowest BCUT2D eigenvalue weighted by Crippen LogP contribution is -2.23. The van der Waals surface area contributed by atoms with Crippen LogP contribution in [0.2, 0.25) is 5.02 Å². The molecule has 0 saturated heterocycles. The molecule has 0 atom stereocenters. The third kappa shape index (κ3) is 4.34. The topological polar surface area (TPSA) is 93.7 Å². The summed E-state index contributed by atoms with van der Waals surface area (Å²) in [5, 5.41) is 2.97. The summed E-state index contributed by atoms with van der Waals surface area (Å²) in [5.74, 6) is 0.952. The van der Waals surface area contributed by atoms with Gasteiger partial charge in [-0.25, -0.2) is 8.42 Å². The Hall–Kier alpha value is -2.45. The molecule has 1 heterocycles. The molecule has 0 saturated carbocycles. The van der Waals surface area contributed by atoms with Crippen LogP contribution < -0.4 is 19.5 Å². The van der Waals surface area contributed by atoms with Crippen LogP contribution in [-0.4, -0.2) is 27.4 Å². The third-order valence-electron chi connectivity index (χ3n) is 3.41. The highest BCUT2D eigenvalue weighted by molar-refractivity contribution is 7.92. The number of ether oxygens (including phenoxy) is 2. The first kappa shape index (κ1) is 17.4. The Balaban J connectivity index is 1.70. The molecule has 0 fully saturated rings. The van der Waals surface area contributed by atoms with E-state index in [1.807, 2.05) is 6.07 Å². The van der Waals surface area contributed by atoms with Gasteiger partial charge in [0, 0.05) is 12.1 Å². The van der Waals surface area contributed by atoms with Gasteiger partial charge in [0.2, 0.25) is 16.8 Å². The van der Waals surface area contributed by atoms with E-state index in [9.17, 15) is 13.2 Å². The number of benzene rings is 2. The van der Waals surface area contributed by atoms with Crippen LogP contribution >= 0.6 is 11.6 Å². The Labute approximate surface area is 149 Å².